The second-order valence-electron chi connectivity index (χ2n) is 5.74. The topological polar surface area (TPSA) is 67.8 Å². The molecule has 2 fully saturated rings. The normalized spacial score (nSPS) is 22.5. The Morgan fingerprint density at radius 1 is 1.47 bits per heavy atom. The monoisotopic (exact) mass is 270 g/mol. The van der Waals surface area contributed by atoms with E-state index in [0.717, 1.165) is 39.0 Å². The molecule has 1 unspecified atom stereocenters. The van der Waals surface area contributed by atoms with Crippen LogP contribution in [0.4, 0.5) is 0 Å². The molecule has 6 heteroatoms. The number of aliphatic hydroxyl groups is 1. The molecule has 2 aliphatic rings. The van der Waals surface area contributed by atoms with Gasteiger partial charge in [0.05, 0.1) is 12.6 Å². The summed E-state index contributed by atoms with van der Waals surface area (Å²) >= 11 is 0. The number of carbonyl (C=O) groups excluding carboxylic acids is 1. The minimum Gasteiger partial charge on any atom is -0.390 e. The Labute approximate surface area is 115 Å². The van der Waals surface area contributed by atoms with Crippen molar-refractivity contribution in [2.75, 3.05) is 52.9 Å². The van der Waals surface area contributed by atoms with E-state index < -0.39 is 6.10 Å². The van der Waals surface area contributed by atoms with Gasteiger partial charge in [0, 0.05) is 45.3 Å². The molecule has 1 aliphatic heterocycles. The average molecular weight is 270 g/mol. The van der Waals surface area contributed by atoms with E-state index in [0.29, 0.717) is 25.7 Å². The molecule has 1 atom stereocenters. The van der Waals surface area contributed by atoms with Crippen molar-refractivity contribution in [3.8, 4) is 0 Å². The van der Waals surface area contributed by atoms with Gasteiger partial charge >= 0.3 is 0 Å². The fraction of sp³-hybridized carbons (Fsp3) is 0.923. The highest BCUT2D eigenvalue weighted by atomic mass is 16.3. The number of amides is 1. The molecular weight excluding hydrogens is 244 g/mol. The van der Waals surface area contributed by atoms with Crippen molar-refractivity contribution in [2.24, 2.45) is 0 Å². The van der Waals surface area contributed by atoms with E-state index in [9.17, 15) is 9.90 Å². The highest BCUT2D eigenvalue weighted by molar-refractivity contribution is 5.78. The number of hydrogen-bond donors (Lipinski definition) is 3. The Kier molecular flexibility index (Phi) is 5.57. The smallest absolute Gasteiger partial charge is 0.234 e. The molecule has 1 amide bonds. The number of rotatable bonds is 7. The lowest BCUT2D eigenvalue weighted by Gasteiger charge is -2.30. The maximum absolute atomic E-state index is 11.6. The lowest BCUT2D eigenvalue weighted by atomic mass is 10.2. The van der Waals surface area contributed by atoms with Gasteiger partial charge in [-0.2, -0.15) is 0 Å². The Bertz CT molecular complexity index is 290. The number of piperazine rings is 1. The molecule has 1 heterocycles. The van der Waals surface area contributed by atoms with Gasteiger partial charge in [-0.05, 0) is 19.9 Å². The van der Waals surface area contributed by atoms with Gasteiger partial charge in [0.25, 0.3) is 0 Å². The van der Waals surface area contributed by atoms with Crippen molar-refractivity contribution in [2.45, 2.75) is 25.0 Å². The van der Waals surface area contributed by atoms with Crippen LogP contribution in [0.2, 0.25) is 0 Å². The van der Waals surface area contributed by atoms with Gasteiger partial charge in [-0.3, -0.25) is 14.6 Å². The summed E-state index contributed by atoms with van der Waals surface area (Å²) in [6.45, 7) is 5.57. The van der Waals surface area contributed by atoms with Crippen LogP contribution in [0.3, 0.4) is 0 Å². The fourth-order valence-electron chi connectivity index (χ4n) is 2.42. The van der Waals surface area contributed by atoms with Crippen LogP contribution in [0.5, 0.6) is 0 Å². The molecule has 0 bridgehead atoms. The number of β-amino-alcohol motifs (C(OH)–C–C–N with tert-alkyl or cyclic N) is 1. The van der Waals surface area contributed by atoms with Crippen LogP contribution in [0.15, 0.2) is 0 Å². The lowest BCUT2D eigenvalue weighted by Crippen LogP contribution is -2.48. The van der Waals surface area contributed by atoms with Crippen molar-refractivity contribution in [1.29, 1.82) is 0 Å². The number of nitrogens with one attached hydrogen (secondary N) is 2. The first-order valence-corrected chi connectivity index (χ1v) is 7.22. The summed E-state index contributed by atoms with van der Waals surface area (Å²) in [6, 6.07) is 0.409. The predicted octanol–water partition coefficient (Wildman–Crippen LogP) is -1.54. The third kappa shape index (κ3) is 5.86. The van der Waals surface area contributed by atoms with E-state index in [2.05, 4.69) is 15.5 Å². The number of nitrogens with zero attached hydrogens (tertiary/aromatic N) is 2. The molecular formula is C13H26N4O2. The molecule has 1 saturated heterocycles. The highest BCUT2D eigenvalue weighted by Gasteiger charge is 2.24. The second kappa shape index (κ2) is 7.19. The van der Waals surface area contributed by atoms with Crippen LogP contribution < -0.4 is 10.6 Å². The predicted molar refractivity (Wildman–Crippen MR) is 74.0 cm³/mol. The van der Waals surface area contributed by atoms with E-state index >= 15 is 0 Å². The Balaban J connectivity index is 1.59. The molecule has 19 heavy (non-hydrogen) atoms. The number of carbonyl (C=O) groups is 1. The van der Waals surface area contributed by atoms with Crippen molar-refractivity contribution >= 4 is 5.91 Å². The molecule has 1 aliphatic carbocycles. The number of likely N-dealkylation sites (N-methyl/N-ethyl adjacent to an activating group) is 1. The first kappa shape index (κ1) is 14.7. The third-order valence-corrected chi connectivity index (χ3v) is 3.56. The molecule has 0 aromatic rings. The van der Waals surface area contributed by atoms with Crippen LogP contribution in [0.1, 0.15) is 12.8 Å². The van der Waals surface area contributed by atoms with Crippen LogP contribution in [0.25, 0.3) is 0 Å². The van der Waals surface area contributed by atoms with Gasteiger partial charge in [-0.1, -0.05) is 0 Å². The SMILES string of the molecule is CN(CC(=O)NC1CC1)CC(O)CN1CCNCC1. The minimum atomic E-state index is -0.392. The van der Waals surface area contributed by atoms with E-state index in [-0.39, 0.29) is 5.91 Å². The van der Waals surface area contributed by atoms with Crippen molar-refractivity contribution < 1.29 is 9.90 Å². The Morgan fingerprint density at radius 3 is 2.79 bits per heavy atom. The molecule has 110 valence electrons. The quantitative estimate of drug-likeness (QED) is 0.523. The third-order valence-electron chi connectivity index (χ3n) is 3.56. The summed E-state index contributed by atoms with van der Waals surface area (Å²) in [6.07, 6.45) is 1.83. The van der Waals surface area contributed by atoms with Gasteiger partial charge in [0.1, 0.15) is 0 Å². The molecule has 0 aromatic heterocycles. The zero-order valence-corrected chi connectivity index (χ0v) is 11.8. The van der Waals surface area contributed by atoms with Gasteiger partial charge in [0.15, 0.2) is 0 Å². The Hall–Kier alpha value is -0.690. The zero-order chi connectivity index (χ0) is 13.7. The van der Waals surface area contributed by atoms with E-state index in [1.54, 1.807) is 0 Å². The van der Waals surface area contributed by atoms with E-state index in [1.165, 1.54) is 0 Å². The molecule has 3 N–H and O–H groups in total. The van der Waals surface area contributed by atoms with Gasteiger partial charge in [0.2, 0.25) is 5.91 Å². The fourth-order valence-corrected chi connectivity index (χ4v) is 2.42. The van der Waals surface area contributed by atoms with Gasteiger partial charge < -0.3 is 15.7 Å². The first-order valence-electron chi connectivity index (χ1n) is 7.22. The van der Waals surface area contributed by atoms with Crippen molar-refractivity contribution in [3.05, 3.63) is 0 Å². The first-order chi connectivity index (χ1) is 9.13. The summed E-state index contributed by atoms with van der Waals surface area (Å²) in [4.78, 5) is 15.8. The average Bonchev–Trinajstić information content (AvgIpc) is 3.13. The van der Waals surface area contributed by atoms with Crippen molar-refractivity contribution in [1.82, 2.24) is 20.4 Å². The van der Waals surface area contributed by atoms with Crippen LogP contribution >= 0.6 is 0 Å². The van der Waals surface area contributed by atoms with E-state index in [1.807, 2.05) is 11.9 Å². The molecule has 0 spiro atoms. The van der Waals surface area contributed by atoms with Crippen LogP contribution in [0, 0.1) is 0 Å². The maximum atomic E-state index is 11.6. The van der Waals surface area contributed by atoms with E-state index in [4.69, 9.17) is 0 Å². The summed E-state index contributed by atoms with van der Waals surface area (Å²) in [5.41, 5.74) is 0. The summed E-state index contributed by atoms with van der Waals surface area (Å²) in [5, 5.41) is 16.3. The zero-order valence-electron chi connectivity index (χ0n) is 11.8. The van der Waals surface area contributed by atoms with Crippen LogP contribution in [-0.2, 0) is 4.79 Å². The van der Waals surface area contributed by atoms with Gasteiger partial charge in [-0.15, -0.1) is 0 Å². The Morgan fingerprint density at radius 2 is 2.16 bits per heavy atom. The molecule has 0 aromatic carbocycles. The molecule has 2 rings (SSSR count). The minimum absolute atomic E-state index is 0.0689. The molecule has 1 saturated carbocycles. The summed E-state index contributed by atoms with van der Waals surface area (Å²) in [7, 11) is 1.88. The molecule has 6 nitrogen and oxygen atoms in total. The molecule has 0 radical (unpaired) electrons. The lowest BCUT2D eigenvalue weighted by molar-refractivity contribution is -0.122. The summed E-state index contributed by atoms with van der Waals surface area (Å²) < 4.78 is 0. The largest absolute Gasteiger partial charge is 0.390 e. The maximum Gasteiger partial charge on any atom is 0.234 e. The van der Waals surface area contributed by atoms with Crippen LogP contribution in [-0.4, -0.2) is 85.8 Å². The highest BCUT2D eigenvalue weighted by Crippen LogP contribution is 2.18. The number of hydrogen-bond acceptors (Lipinski definition) is 5. The second-order valence-corrected chi connectivity index (χ2v) is 5.74. The summed E-state index contributed by atoms with van der Waals surface area (Å²) in [5.74, 6) is 0.0689. The van der Waals surface area contributed by atoms with Gasteiger partial charge in [-0.25, -0.2) is 0 Å². The van der Waals surface area contributed by atoms with Crippen molar-refractivity contribution in [3.63, 3.8) is 0 Å². The standard InChI is InChI=1S/C13H26N4O2/c1-16(10-13(19)15-11-2-3-11)8-12(18)9-17-6-4-14-5-7-17/h11-12,14,18H,2-10H2,1H3,(H,15,19). The number of aliphatic hydroxyl groups excluding tert-OH is 1.